The molecule has 6 heteroatoms. The molecule has 1 rings (SSSR count). The average Bonchev–Trinajstić information content (AvgIpc) is 2.72. The molecule has 0 unspecified atom stereocenters. The first-order valence-corrected chi connectivity index (χ1v) is 5.92. The molecule has 0 fully saturated rings. The maximum Gasteiger partial charge on any atom is 0.140 e. The quantitative estimate of drug-likeness (QED) is 0.637. The highest BCUT2D eigenvalue weighted by Crippen LogP contribution is 1.95. The van der Waals surface area contributed by atoms with E-state index >= 15 is 0 Å². The summed E-state index contributed by atoms with van der Waals surface area (Å²) in [4.78, 5) is 4.20. The number of aromatic nitrogens is 3. The summed E-state index contributed by atoms with van der Waals surface area (Å²) >= 11 is 0. The van der Waals surface area contributed by atoms with Crippen LogP contribution in [0.2, 0.25) is 0 Å². The number of methoxy groups -OCH3 is 1. The Labute approximate surface area is 102 Å². The molecular weight excluding hydrogens is 220 g/mol. The van der Waals surface area contributed by atoms with Gasteiger partial charge < -0.3 is 14.8 Å². The normalized spacial score (nSPS) is 11.3. The van der Waals surface area contributed by atoms with Gasteiger partial charge in [-0.1, -0.05) is 0 Å². The SMILES string of the molecule is COCCNCc1ncnn1CCOC(C)C. The highest BCUT2D eigenvalue weighted by Gasteiger charge is 2.03. The highest BCUT2D eigenvalue weighted by molar-refractivity contribution is 4.83. The fourth-order valence-electron chi connectivity index (χ4n) is 1.36. The molecule has 0 bridgehead atoms. The summed E-state index contributed by atoms with van der Waals surface area (Å²) in [6.07, 6.45) is 1.82. The first-order chi connectivity index (χ1) is 8.24. The molecular formula is C11H22N4O2. The van der Waals surface area contributed by atoms with E-state index < -0.39 is 0 Å². The zero-order chi connectivity index (χ0) is 12.5. The Morgan fingerprint density at radius 1 is 1.41 bits per heavy atom. The summed E-state index contributed by atoms with van der Waals surface area (Å²) in [5, 5.41) is 7.41. The van der Waals surface area contributed by atoms with Crippen LogP contribution in [0.4, 0.5) is 0 Å². The summed E-state index contributed by atoms with van der Waals surface area (Å²) in [5.41, 5.74) is 0. The van der Waals surface area contributed by atoms with E-state index in [4.69, 9.17) is 9.47 Å². The van der Waals surface area contributed by atoms with Crippen molar-refractivity contribution in [2.45, 2.75) is 33.0 Å². The molecule has 0 atom stereocenters. The van der Waals surface area contributed by atoms with E-state index in [1.807, 2.05) is 18.5 Å². The van der Waals surface area contributed by atoms with Gasteiger partial charge >= 0.3 is 0 Å². The molecule has 17 heavy (non-hydrogen) atoms. The van der Waals surface area contributed by atoms with Gasteiger partial charge in [0.2, 0.25) is 0 Å². The van der Waals surface area contributed by atoms with Crippen molar-refractivity contribution in [2.75, 3.05) is 26.9 Å². The van der Waals surface area contributed by atoms with Crippen molar-refractivity contribution < 1.29 is 9.47 Å². The Bertz CT molecular complexity index is 301. The molecule has 6 nitrogen and oxygen atoms in total. The van der Waals surface area contributed by atoms with Gasteiger partial charge in [-0.25, -0.2) is 9.67 Å². The van der Waals surface area contributed by atoms with E-state index in [-0.39, 0.29) is 6.10 Å². The first kappa shape index (κ1) is 14.1. The summed E-state index contributed by atoms with van der Waals surface area (Å²) in [6, 6.07) is 0. The maximum absolute atomic E-state index is 5.48. The summed E-state index contributed by atoms with van der Waals surface area (Å²) in [6.45, 7) is 7.65. The standard InChI is InChI=1S/C11H22N4O2/c1-10(2)17-7-5-15-11(13-9-14-15)8-12-4-6-16-3/h9-10,12H,4-8H2,1-3H3. The predicted molar refractivity (Wildman–Crippen MR) is 64.7 cm³/mol. The van der Waals surface area contributed by atoms with E-state index in [0.717, 1.165) is 18.9 Å². The van der Waals surface area contributed by atoms with Crippen molar-refractivity contribution in [1.29, 1.82) is 0 Å². The molecule has 0 saturated carbocycles. The largest absolute Gasteiger partial charge is 0.383 e. The lowest BCUT2D eigenvalue weighted by molar-refractivity contribution is 0.0703. The highest BCUT2D eigenvalue weighted by atomic mass is 16.5. The maximum atomic E-state index is 5.48. The van der Waals surface area contributed by atoms with Gasteiger partial charge in [0.1, 0.15) is 12.2 Å². The molecule has 0 aliphatic rings. The van der Waals surface area contributed by atoms with Gasteiger partial charge in [-0.3, -0.25) is 0 Å². The monoisotopic (exact) mass is 242 g/mol. The van der Waals surface area contributed by atoms with Crippen LogP contribution in [0.5, 0.6) is 0 Å². The summed E-state index contributed by atoms with van der Waals surface area (Å²) < 4.78 is 12.3. The smallest absolute Gasteiger partial charge is 0.140 e. The van der Waals surface area contributed by atoms with Gasteiger partial charge in [-0.05, 0) is 13.8 Å². The molecule has 0 aliphatic carbocycles. The van der Waals surface area contributed by atoms with Crippen LogP contribution in [0.3, 0.4) is 0 Å². The minimum absolute atomic E-state index is 0.252. The molecule has 1 aromatic rings. The Balaban J connectivity index is 2.27. The third-order valence-electron chi connectivity index (χ3n) is 2.22. The summed E-state index contributed by atoms with van der Waals surface area (Å²) in [5.74, 6) is 0.924. The minimum atomic E-state index is 0.252. The molecule has 0 radical (unpaired) electrons. The van der Waals surface area contributed by atoms with Crippen molar-refractivity contribution in [3.05, 3.63) is 12.2 Å². The van der Waals surface area contributed by atoms with Crippen molar-refractivity contribution in [2.24, 2.45) is 0 Å². The first-order valence-electron chi connectivity index (χ1n) is 5.92. The molecule has 1 aromatic heterocycles. The number of rotatable bonds is 9. The Kier molecular flexibility index (Phi) is 6.76. The molecule has 1 heterocycles. The second-order valence-corrected chi connectivity index (χ2v) is 3.99. The van der Waals surface area contributed by atoms with Crippen molar-refractivity contribution in [3.8, 4) is 0 Å². The van der Waals surface area contributed by atoms with Crippen LogP contribution in [-0.2, 0) is 22.6 Å². The van der Waals surface area contributed by atoms with Crippen LogP contribution in [0.25, 0.3) is 0 Å². The molecule has 98 valence electrons. The number of nitrogens with one attached hydrogen (secondary N) is 1. The lowest BCUT2D eigenvalue weighted by Crippen LogP contribution is -2.22. The molecule has 0 aromatic carbocycles. The zero-order valence-corrected chi connectivity index (χ0v) is 10.8. The average molecular weight is 242 g/mol. The van der Waals surface area contributed by atoms with E-state index in [9.17, 15) is 0 Å². The number of nitrogens with zero attached hydrogens (tertiary/aromatic N) is 3. The molecule has 1 N–H and O–H groups in total. The van der Waals surface area contributed by atoms with E-state index in [0.29, 0.717) is 19.8 Å². The van der Waals surface area contributed by atoms with Crippen LogP contribution in [-0.4, -0.2) is 47.7 Å². The Morgan fingerprint density at radius 3 is 2.94 bits per heavy atom. The number of ether oxygens (including phenoxy) is 2. The zero-order valence-electron chi connectivity index (χ0n) is 10.8. The van der Waals surface area contributed by atoms with Crippen molar-refractivity contribution in [1.82, 2.24) is 20.1 Å². The van der Waals surface area contributed by atoms with Gasteiger partial charge in [0, 0.05) is 13.7 Å². The number of hydrogen-bond donors (Lipinski definition) is 1. The van der Waals surface area contributed by atoms with Crippen LogP contribution < -0.4 is 5.32 Å². The van der Waals surface area contributed by atoms with Gasteiger partial charge in [-0.2, -0.15) is 5.10 Å². The summed E-state index contributed by atoms with van der Waals surface area (Å²) in [7, 11) is 1.69. The minimum Gasteiger partial charge on any atom is -0.383 e. The molecule has 0 aliphatic heterocycles. The van der Waals surface area contributed by atoms with Crippen LogP contribution >= 0.6 is 0 Å². The van der Waals surface area contributed by atoms with Gasteiger partial charge in [0.15, 0.2) is 0 Å². The lowest BCUT2D eigenvalue weighted by atomic mass is 10.5. The van der Waals surface area contributed by atoms with E-state index in [1.54, 1.807) is 13.4 Å². The van der Waals surface area contributed by atoms with Crippen LogP contribution in [0, 0.1) is 0 Å². The van der Waals surface area contributed by atoms with E-state index in [2.05, 4.69) is 15.4 Å². The second-order valence-electron chi connectivity index (χ2n) is 3.99. The van der Waals surface area contributed by atoms with Gasteiger partial charge in [0.25, 0.3) is 0 Å². The second kappa shape index (κ2) is 8.16. The molecule has 0 saturated heterocycles. The van der Waals surface area contributed by atoms with Gasteiger partial charge in [0.05, 0.1) is 32.4 Å². The molecule has 0 spiro atoms. The Hall–Kier alpha value is -0.980. The van der Waals surface area contributed by atoms with E-state index in [1.165, 1.54) is 0 Å². The van der Waals surface area contributed by atoms with Crippen LogP contribution in [0.1, 0.15) is 19.7 Å². The van der Waals surface area contributed by atoms with Crippen molar-refractivity contribution in [3.63, 3.8) is 0 Å². The van der Waals surface area contributed by atoms with Crippen LogP contribution in [0.15, 0.2) is 6.33 Å². The predicted octanol–water partition coefficient (Wildman–Crippen LogP) is 0.439. The fourth-order valence-corrected chi connectivity index (χ4v) is 1.36. The molecule has 0 amide bonds. The van der Waals surface area contributed by atoms with Crippen molar-refractivity contribution >= 4 is 0 Å². The number of hydrogen-bond acceptors (Lipinski definition) is 5. The van der Waals surface area contributed by atoms with Gasteiger partial charge in [-0.15, -0.1) is 0 Å². The third kappa shape index (κ3) is 5.76. The topological polar surface area (TPSA) is 61.2 Å². The lowest BCUT2D eigenvalue weighted by Gasteiger charge is -2.09. The Morgan fingerprint density at radius 2 is 2.24 bits per heavy atom. The fraction of sp³-hybridized carbons (Fsp3) is 0.818. The third-order valence-corrected chi connectivity index (χ3v) is 2.22.